The number of aromatic nitrogens is 3. The van der Waals surface area contributed by atoms with Crippen molar-refractivity contribution in [1.29, 1.82) is 0 Å². The van der Waals surface area contributed by atoms with Gasteiger partial charge in [0, 0.05) is 44.4 Å². The predicted octanol–water partition coefficient (Wildman–Crippen LogP) is 1.54. The van der Waals surface area contributed by atoms with E-state index in [1.54, 1.807) is 19.7 Å². The van der Waals surface area contributed by atoms with Crippen LogP contribution in [0.4, 0.5) is 11.6 Å². The monoisotopic (exact) mass is 346 g/mol. The average Bonchev–Trinajstić information content (AvgIpc) is 3.18. The summed E-state index contributed by atoms with van der Waals surface area (Å²) >= 11 is 0. The second-order valence-corrected chi connectivity index (χ2v) is 6.70. The first kappa shape index (κ1) is 17.6. The summed E-state index contributed by atoms with van der Waals surface area (Å²) in [5.74, 6) is 1.71. The normalized spacial score (nSPS) is 20.4. The highest BCUT2D eigenvalue weighted by Crippen LogP contribution is 2.27. The third kappa shape index (κ3) is 4.26. The van der Waals surface area contributed by atoms with Gasteiger partial charge < -0.3 is 24.4 Å². The van der Waals surface area contributed by atoms with Crippen molar-refractivity contribution in [3.05, 3.63) is 29.9 Å². The van der Waals surface area contributed by atoms with Gasteiger partial charge in [0.15, 0.2) is 0 Å². The van der Waals surface area contributed by atoms with E-state index in [2.05, 4.69) is 44.3 Å². The maximum Gasteiger partial charge on any atom is 0.134 e. The topological polar surface area (TPSA) is 79.5 Å². The van der Waals surface area contributed by atoms with Crippen LogP contribution in [0.25, 0.3) is 0 Å². The van der Waals surface area contributed by atoms with Crippen molar-refractivity contribution in [3.63, 3.8) is 0 Å². The van der Waals surface area contributed by atoms with E-state index in [1.807, 2.05) is 13.0 Å². The largest absolute Gasteiger partial charge is 0.380 e. The van der Waals surface area contributed by atoms with E-state index >= 15 is 0 Å². The van der Waals surface area contributed by atoms with Crippen LogP contribution >= 0.6 is 0 Å². The van der Waals surface area contributed by atoms with Crippen molar-refractivity contribution >= 4 is 11.6 Å². The molecule has 0 amide bonds. The maximum atomic E-state index is 5.58. The molecule has 0 spiro atoms. The molecule has 8 nitrogen and oxygen atoms in total. The molecule has 25 heavy (non-hydrogen) atoms. The van der Waals surface area contributed by atoms with E-state index in [0.29, 0.717) is 12.6 Å². The van der Waals surface area contributed by atoms with E-state index in [9.17, 15) is 0 Å². The van der Waals surface area contributed by atoms with Gasteiger partial charge in [-0.25, -0.2) is 9.97 Å². The van der Waals surface area contributed by atoms with E-state index < -0.39 is 0 Å². The minimum atomic E-state index is 0.232. The zero-order chi connectivity index (χ0) is 17.8. The number of anilines is 2. The van der Waals surface area contributed by atoms with E-state index in [0.717, 1.165) is 42.4 Å². The summed E-state index contributed by atoms with van der Waals surface area (Å²) in [6, 6.07) is 2.37. The molecule has 3 rings (SSSR count). The molecule has 2 atom stereocenters. The number of ether oxygens (including phenoxy) is 1. The van der Waals surface area contributed by atoms with Crippen LogP contribution in [0.15, 0.2) is 23.2 Å². The Bertz CT molecular complexity index is 689. The molecule has 1 aliphatic rings. The lowest BCUT2D eigenvalue weighted by molar-refractivity contribution is 0.117. The van der Waals surface area contributed by atoms with Gasteiger partial charge in [-0.05, 0) is 27.4 Å². The molecule has 0 radical (unpaired) electrons. The fourth-order valence-corrected chi connectivity index (χ4v) is 3.19. The van der Waals surface area contributed by atoms with Crippen molar-refractivity contribution in [2.75, 3.05) is 44.5 Å². The number of hydrogen-bond donors (Lipinski definition) is 1. The first-order valence-electron chi connectivity index (χ1n) is 8.46. The molecule has 1 aliphatic heterocycles. The summed E-state index contributed by atoms with van der Waals surface area (Å²) in [6.07, 6.45) is 4.49. The molecule has 8 heteroatoms. The number of aryl methyl sites for hydroxylation is 1. The van der Waals surface area contributed by atoms with Gasteiger partial charge in [0.1, 0.15) is 24.2 Å². The number of likely N-dealkylation sites (N-methyl/N-ethyl adjacent to an activating group) is 1. The number of hydrogen-bond acceptors (Lipinski definition) is 8. The molecule has 0 unspecified atom stereocenters. The molecule has 1 fully saturated rings. The molecular weight excluding hydrogens is 320 g/mol. The van der Waals surface area contributed by atoms with E-state index in [4.69, 9.17) is 9.26 Å². The Kier molecular flexibility index (Phi) is 5.50. The quantitative estimate of drug-likeness (QED) is 0.809. The van der Waals surface area contributed by atoms with Gasteiger partial charge in [-0.2, -0.15) is 0 Å². The van der Waals surface area contributed by atoms with Gasteiger partial charge in [0.25, 0.3) is 0 Å². The highest BCUT2D eigenvalue weighted by atomic mass is 16.5. The lowest BCUT2D eigenvalue weighted by atomic mass is 10.2. The number of nitrogens with zero attached hydrogens (tertiary/aromatic N) is 5. The molecule has 1 N–H and O–H groups in total. The van der Waals surface area contributed by atoms with Crippen LogP contribution in [-0.4, -0.2) is 66.5 Å². The van der Waals surface area contributed by atoms with Crippen molar-refractivity contribution < 1.29 is 9.26 Å². The maximum absolute atomic E-state index is 5.58. The Morgan fingerprint density at radius 2 is 2.24 bits per heavy atom. The van der Waals surface area contributed by atoms with Crippen LogP contribution < -0.4 is 10.2 Å². The minimum Gasteiger partial charge on any atom is -0.380 e. The summed E-state index contributed by atoms with van der Waals surface area (Å²) in [7, 11) is 5.95. The van der Waals surface area contributed by atoms with Crippen molar-refractivity contribution in [2.24, 2.45) is 0 Å². The first-order valence-corrected chi connectivity index (χ1v) is 8.46. The van der Waals surface area contributed by atoms with Crippen molar-refractivity contribution in [2.45, 2.75) is 32.0 Å². The van der Waals surface area contributed by atoms with Crippen LogP contribution in [0.1, 0.15) is 17.7 Å². The Labute approximate surface area is 148 Å². The lowest BCUT2D eigenvalue weighted by Gasteiger charge is -2.27. The van der Waals surface area contributed by atoms with Gasteiger partial charge in [-0.15, -0.1) is 0 Å². The Morgan fingerprint density at radius 1 is 1.40 bits per heavy atom. The molecule has 0 aromatic carbocycles. The number of methoxy groups -OCH3 is 1. The SMILES string of the molecule is CO[C@H]1C[C@@H](CN(C)C)N(c2cc(NCc3conc3C)ncn2)C1. The third-order valence-corrected chi connectivity index (χ3v) is 4.54. The smallest absolute Gasteiger partial charge is 0.134 e. The van der Waals surface area contributed by atoms with Crippen LogP contribution in [0, 0.1) is 6.92 Å². The molecule has 0 saturated carbocycles. The number of rotatable bonds is 7. The minimum absolute atomic E-state index is 0.232. The molecule has 3 heterocycles. The molecule has 136 valence electrons. The van der Waals surface area contributed by atoms with E-state index in [1.165, 1.54) is 0 Å². The van der Waals surface area contributed by atoms with E-state index in [-0.39, 0.29) is 6.10 Å². The second kappa shape index (κ2) is 7.79. The summed E-state index contributed by atoms with van der Waals surface area (Å²) in [4.78, 5) is 13.3. The Balaban J connectivity index is 1.72. The zero-order valence-electron chi connectivity index (χ0n) is 15.3. The molecule has 0 aliphatic carbocycles. The van der Waals surface area contributed by atoms with Crippen LogP contribution in [0.2, 0.25) is 0 Å². The standard InChI is InChI=1S/C17H26N6O2/c1-12-13(10-25-21-12)7-18-16-6-17(20-11-19-16)23-9-15(24-4)5-14(23)8-22(2)3/h6,10-11,14-15H,5,7-9H2,1-4H3,(H,18,19,20)/t14-,15-/m0/s1. The van der Waals surface area contributed by atoms with Gasteiger partial charge in [-0.1, -0.05) is 5.16 Å². The third-order valence-electron chi connectivity index (χ3n) is 4.54. The Hall–Kier alpha value is -2.19. The highest BCUT2D eigenvalue weighted by Gasteiger charge is 2.33. The highest BCUT2D eigenvalue weighted by molar-refractivity contribution is 5.50. The first-order chi connectivity index (χ1) is 12.1. The van der Waals surface area contributed by atoms with Gasteiger partial charge in [0.2, 0.25) is 0 Å². The summed E-state index contributed by atoms with van der Waals surface area (Å²) < 4.78 is 10.5. The molecule has 2 aromatic heterocycles. The molecule has 1 saturated heterocycles. The van der Waals surface area contributed by atoms with Gasteiger partial charge >= 0.3 is 0 Å². The fraction of sp³-hybridized carbons (Fsp3) is 0.588. The summed E-state index contributed by atoms with van der Waals surface area (Å²) in [5, 5.41) is 7.20. The predicted molar refractivity (Wildman–Crippen MR) is 95.7 cm³/mol. The van der Waals surface area contributed by atoms with Crippen LogP contribution in [-0.2, 0) is 11.3 Å². The van der Waals surface area contributed by atoms with Crippen LogP contribution in [0.5, 0.6) is 0 Å². The van der Waals surface area contributed by atoms with Crippen molar-refractivity contribution in [1.82, 2.24) is 20.0 Å². The summed E-state index contributed by atoms with van der Waals surface area (Å²) in [5.41, 5.74) is 1.90. The fourth-order valence-electron chi connectivity index (χ4n) is 3.19. The van der Waals surface area contributed by atoms with Crippen LogP contribution in [0.3, 0.4) is 0 Å². The average molecular weight is 346 g/mol. The summed E-state index contributed by atoms with van der Waals surface area (Å²) in [6.45, 7) is 4.35. The molecule has 2 aromatic rings. The van der Waals surface area contributed by atoms with Gasteiger partial charge in [-0.3, -0.25) is 0 Å². The van der Waals surface area contributed by atoms with Gasteiger partial charge in [0.05, 0.1) is 11.8 Å². The lowest BCUT2D eigenvalue weighted by Crippen LogP contribution is -2.38. The molecule has 0 bridgehead atoms. The zero-order valence-corrected chi connectivity index (χ0v) is 15.3. The number of nitrogens with one attached hydrogen (secondary N) is 1. The van der Waals surface area contributed by atoms with Crippen molar-refractivity contribution in [3.8, 4) is 0 Å². The molecular formula is C17H26N6O2. The Morgan fingerprint density at radius 3 is 2.92 bits per heavy atom. The second-order valence-electron chi connectivity index (χ2n) is 6.70.